The lowest BCUT2D eigenvalue weighted by molar-refractivity contribution is -0.192. The molecule has 1 aromatic heterocycles. The number of nitrogens with one attached hydrogen (secondary N) is 1. The van der Waals surface area contributed by atoms with Crippen LogP contribution in [0.2, 0.25) is 0 Å². The molecular formula is C26H22F9N5O4. The molecule has 1 aliphatic heterocycles. The number of hydrogen-bond acceptors (Lipinski definition) is 6. The number of hydrogen-bond donors (Lipinski definition) is 3. The van der Waals surface area contributed by atoms with Crippen LogP contribution in [0.15, 0.2) is 53.1 Å². The van der Waals surface area contributed by atoms with Gasteiger partial charge in [0.1, 0.15) is 18.4 Å². The molecule has 1 saturated heterocycles. The summed E-state index contributed by atoms with van der Waals surface area (Å²) in [5.74, 6) is -3.24. The molecule has 0 bridgehead atoms. The van der Waals surface area contributed by atoms with Gasteiger partial charge in [-0.05, 0) is 54.8 Å². The second kappa shape index (κ2) is 13.3. The number of guanidine groups is 1. The van der Waals surface area contributed by atoms with Crippen LogP contribution in [0.3, 0.4) is 0 Å². The monoisotopic (exact) mass is 639 g/mol. The molecule has 1 unspecified atom stereocenters. The zero-order valence-corrected chi connectivity index (χ0v) is 22.1. The molecule has 4 N–H and O–H groups in total. The number of aromatic nitrogens is 2. The highest BCUT2D eigenvalue weighted by molar-refractivity contribution is 5.75. The lowest BCUT2D eigenvalue weighted by Crippen LogP contribution is -2.35. The molecular weight excluding hydrogens is 617 g/mol. The van der Waals surface area contributed by atoms with E-state index in [9.17, 15) is 39.5 Å². The normalized spacial score (nSPS) is 15.7. The first-order chi connectivity index (χ1) is 20.4. The number of carboxylic acids is 1. The van der Waals surface area contributed by atoms with Crippen molar-refractivity contribution in [2.45, 2.75) is 37.4 Å². The summed E-state index contributed by atoms with van der Waals surface area (Å²) < 4.78 is 121. The van der Waals surface area contributed by atoms with Crippen LogP contribution in [0, 0.1) is 5.41 Å². The summed E-state index contributed by atoms with van der Waals surface area (Å²) in [7, 11) is 0. The first-order valence-corrected chi connectivity index (χ1v) is 12.3. The van der Waals surface area contributed by atoms with Crippen LogP contribution in [-0.2, 0) is 17.1 Å². The Labute approximate surface area is 242 Å². The van der Waals surface area contributed by atoms with E-state index >= 15 is 0 Å². The number of aliphatic carboxylic acids is 1. The van der Waals surface area contributed by atoms with E-state index in [1.807, 2.05) is 0 Å². The van der Waals surface area contributed by atoms with Crippen LogP contribution in [-0.4, -0.2) is 51.4 Å². The van der Waals surface area contributed by atoms with Gasteiger partial charge in [-0.15, -0.1) is 0 Å². The fraction of sp³-hybridized carbons (Fsp3) is 0.308. The van der Waals surface area contributed by atoms with Gasteiger partial charge >= 0.3 is 24.5 Å². The van der Waals surface area contributed by atoms with Crippen molar-refractivity contribution in [2.24, 2.45) is 5.73 Å². The Morgan fingerprint density at radius 3 is 2.25 bits per heavy atom. The average molecular weight is 639 g/mol. The van der Waals surface area contributed by atoms with E-state index in [-0.39, 0.29) is 29.8 Å². The first kappa shape index (κ1) is 33.7. The van der Waals surface area contributed by atoms with Crippen molar-refractivity contribution in [3.8, 4) is 17.1 Å². The molecule has 3 aromatic rings. The molecule has 238 valence electrons. The van der Waals surface area contributed by atoms with Crippen molar-refractivity contribution in [1.29, 1.82) is 5.41 Å². The number of likely N-dealkylation sites (tertiary alicyclic amines) is 1. The molecule has 0 radical (unpaired) electrons. The SMILES string of the molecule is N=C(N)N1CCCC1c1nc(-c2ccc(OCC=Cc3ccc(C(F)(F)F)cc3)c(C(F)(F)F)c2)no1.O=C(O)C(F)(F)F. The molecule has 44 heavy (non-hydrogen) atoms. The summed E-state index contributed by atoms with van der Waals surface area (Å²) in [6, 6.07) is 7.24. The van der Waals surface area contributed by atoms with Crippen molar-refractivity contribution in [1.82, 2.24) is 15.0 Å². The van der Waals surface area contributed by atoms with Crippen LogP contribution < -0.4 is 10.5 Å². The van der Waals surface area contributed by atoms with E-state index in [1.165, 1.54) is 30.4 Å². The van der Waals surface area contributed by atoms with Gasteiger partial charge in [-0.25, -0.2) is 4.79 Å². The van der Waals surface area contributed by atoms with Crippen LogP contribution in [0.4, 0.5) is 39.5 Å². The standard InChI is InChI=1S/C24H21F6N5O2.C2HF3O2/c25-23(26,27)16-8-5-14(6-9-16)3-2-12-36-19-10-7-15(13-17(19)24(28,29)30)20-33-21(37-34-20)18-4-1-11-35(18)22(31)32;3-2(4,5)1(6)7/h2-3,5-10,13,18H,1,4,11-12H2,(H3,31,32);(H,6,7). The Balaban J connectivity index is 0.000000676. The Bertz CT molecular complexity index is 1480. The second-order valence-corrected chi connectivity index (χ2v) is 9.04. The third-order valence-electron chi connectivity index (χ3n) is 5.96. The third-order valence-corrected chi connectivity index (χ3v) is 5.96. The summed E-state index contributed by atoms with van der Waals surface area (Å²) in [5, 5.41) is 18.6. The van der Waals surface area contributed by atoms with Crippen molar-refractivity contribution < 1.29 is 58.7 Å². The van der Waals surface area contributed by atoms with Crippen LogP contribution in [0.5, 0.6) is 5.75 Å². The van der Waals surface area contributed by atoms with Crippen LogP contribution >= 0.6 is 0 Å². The largest absolute Gasteiger partial charge is 0.490 e. The maximum absolute atomic E-state index is 13.7. The fourth-order valence-electron chi connectivity index (χ4n) is 3.92. The molecule has 2 heterocycles. The van der Waals surface area contributed by atoms with E-state index in [2.05, 4.69) is 10.1 Å². The highest BCUT2D eigenvalue weighted by Crippen LogP contribution is 2.39. The summed E-state index contributed by atoms with van der Waals surface area (Å²) in [4.78, 5) is 14.7. The van der Waals surface area contributed by atoms with E-state index in [1.54, 1.807) is 4.90 Å². The maximum atomic E-state index is 13.7. The van der Waals surface area contributed by atoms with Gasteiger partial charge in [0.15, 0.2) is 5.96 Å². The highest BCUT2D eigenvalue weighted by atomic mass is 19.4. The summed E-state index contributed by atoms with van der Waals surface area (Å²) in [5.41, 5.74) is 4.20. The van der Waals surface area contributed by atoms with E-state index < -0.39 is 47.4 Å². The Morgan fingerprint density at radius 1 is 1.07 bits per heavy atom. The zero-order valence-electron chi connectivity index (χ0n) is 22.1. The van der Waals surface area contributed by atoms with Crippen molar-refractivity contribution in [3.63, 3.8) is 0 Å². The number of halogens is 9. The van der Waals surface area contributed by atoms with Gasteiger partial charge in [0, 0.05) is 12.1 Å². The van der Waals surface area contributed by atoms with Gasteiger partial charge in [-0.2, -0.15) is 44.5 Å². The van der Waals surface area contributed by atoms with Gasteiger partial charge < -0.3 is 25.0 Å². The van der Waals surface area contributed by atoms with Crippen molar-refractivity contribution >= 4 is 18.0 Å². The van der Waals surface area contributed by atoms with Crippen LogP contribution in [0.1, 0.15) is 41.5 Å². The number of ether oxygens (including phenoxy) is 1. The minimum atomic E-state index is -5.08. The van der Waals surface area contributed by atoms with Gasteiger partial charge in [0.05, 0.1) is 11.1 Å². The van der Waals surface area contributed by atoms with Crippen molar-refractivity contribution in [3.05, 3.63) is 71.1 Å². The number of nitrogens with two attached hydrogens (primary N) is 1. The number of rotatable bonds is 6. The molecule has 0 aliphatic carbocycles. The fourth-order valence-corrected chi connectivity index (χ4v) is 3.92. The molecule has 0 saturated carbocycles. The second-order valence-electron chi connectivity index (χ2n) is 9.04. The van der Waals surface area contributed by atoms with Gasteiger partial charge in [0.25, 0.3) is 0 Å². The molecule has 1 atom stereocenters. The summed E-state index contributed by atoms with van der Waals surface area (Å²) in [6.45, 7) is 0.285. The number of benzene rings is 2. The Morgan fingerprint density at radius 2 is 1.70 bits per heavy atom. The van der Waals surface area contributed by atoms with Crippen molar-refractivity contribution in [2.75, 3.05) is 13.2 Å². The predicted molar refractivity (Wildman–Crippen MR) is 135 cm³/mol. The van der Waals surface area contributed by atoms with Gasteiger partial charge in [-0.3, -0.25) is 5.41 Å². The van der Waals surface area contributed by atoms with E-state index in [0.29, 0.717) is 18.5 Å². The highest BCUT2D eigenvalue weighted by Gasteiger charge is 2.38. The summed E-state index contributed by atoms with van der Waals surface area (Å²) in [6.07, 6.45) is -10.1. The quantitative estimate of drug-likeness (QED) is 0.157. The molecule has 2 aromatic carbocycles. The van der Waals surface area contributed by atoms with Gasteiger partial charge in [-0.1, -0.05) is 23.4 Å². The predicted octanol–water partition coefficient (Wildman–Crippen LogP) is 6.53. The topological polar surface area (TPSA) is 139 Å². The Kier molecular flexibility index (Phi) is 10.2. The molecule has 4 rings (SSSR count). The number of nitrogens with zero attached hydrogens (tertiary/aromatic N) is 3. The zero-order chi connectivity index (χ0) is 32.9. The summed E-state index contributed by atoms with van der Waals surface area (Å²) >= 11 is 0. The smallest absolute Gasteiger partial charge is 0.489 e. The van der Waals surface area contributed by atoms with E-state index in [0.717, 1.165) is 30.7 Å². The minimum Gasteiger partial charge on any atom is -0.489 e. The number of alkyl halides is 9. The number of carboxylic acid groups (broad SMARTS) is 1. The molecule has 9 nitrogen and oxygen atoms in total. The molecule has 0 amide bonds. The average Bonchev–Trinajstić information content (AvgIpc) is 3.60. The van der Waals surface area contributed by atoms with Gasteiger partial charge in [0.2, 0.25) is 11.7 Å². The van der Waals surface area contributed by atoms with E-state index in [4.69, 9.17) is 30.3 Å². The lowest BCUT2D eigenvalue weighted by Gasteiger charge is -2.21. The molecule has 1 fully saturated rings. The Hall–Kier alpha value is -4.77. The molecule has 1 aliphatic rings. The van der Waals surface area contributed by atoms with Crippen LogP contribution in [0.25, 0.3) is 17.5 Å². The molecule has 0 spiro atoms. The lowest BCUT2D eigenvalue weighted by atomic mass is 10.1. The number of carbonyl (C=O) groups is 1. The minimum absolute atomic E-state index is 0.0512. The molecule has 18 heteroatoms. The maximum Gasteiger partial charge on any atom is 0.490 e. The first-order valence-electron chi connectivity index (χ1n) is 12.3. The third kappa shape index (κ3) is 8.87.